The number of hydrogen-bond acceptors (Lipinski definition) is 8. The third-order valence-corrected chi connectivity index (χ3v) is 4.14. The standard InChI is InChI=1S/C12H15N3O5S/c13-10-9-7(6-21-10)11(17)15(12(9)18)8-2-5-19-14(20-8)3-1-4-16/h6,8,16H,1-5,13H2. The summed E-state index contributed by atoms with van der Waals surface area (Å²) in [6.45, 7) is 0.686. The van der Waals surface area contributed by atoms with Crippen LogP contribution in [0.3, 0.4) is 0 Å². The largest absolute Gasteiger partial charge is 0.396 e. The highest BCUT2D eigenvalue weighted by Gasteiger charge is 2.44. The van der Waals surface area contributed by atoms with Gasteiger partial charge in [-0.1, -0.05) is 5.23 Å². The second-order valence-electron chi connectivity index (χ2n) is 4.68. The van der Waals surface area contributed by atoms with Gasteiger partial charge in [-0.3, -0.25) is 14.4 Å². The second-order valence-corrected chi connectivity index (χ2v) is 5.60. The SMILES string of the molecule is Nc1scc2c1C(=O)N(C1CCON(CCCO)O1)C2=O. The summed E-state index contributed by atoms with van der Waals surface area (Å²) in [5.74, 6) is -0.820. The summed E-state index contributed by atoms with van der Waals surface area (Å²) >= 11 is 1.18. The Morgan fingerprint density at radius 1 is 1.43 bits per heavy atom. The number of hydrogen-bond donors (Lipinski definition) is 2. The smallest absolute Gasteiger partial charge is 0.266 e. The van der Waals surface area contributed by atoms with Gasteiger partial charge in [-0.05, 0) is 6.42 Å². The summed E-state index contributed by atoms with van der Waals surface area (Å²) in [5.41, 5.74) is 6.34. The third kappa shape index (κ3) is 2.43. The molecular formula is C12H15N3O5S. The van der Waals surface area contributed by atoms with Crippen molar-refractivity contribution in [3.8, 4) is 0 Å². The number of nitrogens with two attached hydrogens (primary N) is 1. The zero-order chi connectivity index (χ0) is 15.0. The highest BCUT2D eigenvalue weighted by Crippen LogP contribution is 2.35. The molecule has 3 N–H and O–H groups in total. The molecule has 0 radical (unpaired) electrons. The Kier molecular flexibility index (Phi) is 3.91. The number of nitrogen functional groups attached to an aromatic ring is 1. The molecule has 0 saturated carbocycles. The van der Waals surface area contributed by atoms with Gasteiger partial charge in [0.25, 0.3) is 11.8 Å². The third-order valence-electron chi connectivity index (χ3n) is 3.33. The predicted octanol–water partition coefficient (Wildman–Crippen LogP) is 0.204. The number of carbonyl (C=O) groups is 2. The Morgan fingerprint density at radius 3 is 2.95 bits per heavy atom. The number of nitrogens with zero attached hydrogens (tertiary/aromatic N) is 2. The van der Waals surface area contributed by atoms with E-state index in [4.69, 9.17) is 20.5 Å². The molecule has 1 unspecified atom stereocenters. The monoisotopic (exact) mass is 313 g/mol. The lowest BCUT2D eigenvalue weighted by Crippen LogP contribution is -2.49. The van der Waals surface area contributed by atoms with Crippen LogP contribution in [0.5, 0.6) is 0 Å². The molecule has 3 heterocycles. The number of carbonyl (C=O) groups excluding carboxylic acids is 2. The van der Waals surface area contributed by atoms with Gasteiger partial charge in [-0.2, -0.15) is 0 Å². The first-order chi connectivity index (χ1) is 10.1. The molecule has 8 nitrogen and oxygen atoms in total. The quantitative estimate of drug-likeness (QED) is 0.765. The molecule has 0 spiro atoms. The molecule has 1 aromatic rings. The summed E-state index contributed by atoms with van der Waals surface area (Å²) in [5, 5.41) is 12.0. The molecule has 1 fully saturated rings. The lowest BCUT2D eigenvalue weighted by molar-refractivity contribution is -0.424. The molecule has 9 heteroatoms. The van der Waals surface area contributed by atoms with Gasteiger partial charge in [0.05, 0.1) is 29.3 Å². The highest BCUT2D eigenvalue weighted by molar-refractivity contribution is 7.14. The van der Waals surface area contributed by atoms with Crippen LogP contribution in [-0.2, 0) is 9.68 Å². The van der Waals surface area contributed by atoms with Crippen molar-refractivity contribution in [2.75, 3.05) is 25.5 Å². The fourth-order valence-electron chi connectivity index (χ4n) is 2.32. The minimum Gasteiger partial charge on any atom is -0.396 e. The Bertz CT molecular complexity index is 575. The van der Waals surface area contributed by atoms with Gasteiger partial charge in [0.1, 0.15) is 0 Å². The fraction of sp³-hybridized carbons (Fsp3) is 0.500. The van der Waals surface area contributed by atoms with Gasteiger partial charge in [0.2, 0.25) is 0 Å². The van der Waals surface area contributed by atoms with Crippen molar-refractivity contribution in [2.24, 2.45) is 0 Å². The maximum Gasteiger partial charge on any atom is 0.266 e. The van der Waals surface area contributed by atoms with Gasteiger partial charge >= 0.3 is 0 Å². The van der Waals surface area contributed by atoms with Crippen molar-refractivity contribution in [1.82, 2.24) is 10.1 Å². The van der Waals surface area contributed by atoms with Gasteiger partial charge in [0.15, 0.2) is 6.23 Å². The Hall–Kier alpha value is -1.52. The highest BCUT2D eigenvalue weighted by atomic mass is 32.1. The molecule has 114 valence electrons. The Balaban J connectivity index is 1.76. The molecule has 3 rings (SSSR count). The minimum atomic E-state index is -0.714. The molecule has 2 aliphatic rings. The zero-order valence-electron chi connectivity index (χ0n) is 11.2. The molecule has 1 saturated heterocycles. The van der Waals surface area contributed by atoms with Crippen LogP contribution >= 0.6 is 11.3 Å². The molecule has 21 heavy (non-hydrogen) atoms. The van der Waals surface area contributed by atoms with Gasteiger partial charge in [-0.25, -0.2) is 9.74 Å². The number of aliphatic hydroxyl groups excluding tert-OH is 1. The van der Waals surface area contributed by atoms with Crippen LogP contribution in [0.15, 0.2) is 5.38 Å². The first kappa shape index (κ1) is 14.4. The first-order valence-electron chi connectivity index (χ1n) is 6.56. The number of thiophene rings is 1. The van der Waals surface area contributed by atoms with Crippen molar-refractivity contribution < 1.29 is 24.4 Å². The van der Waals surface area contributed by atoms with Crippen LogP contribution in [0, 0.1) is 0 Å². The van der Waals surface area contributed by atoms with Crippen molar-refractivity contribution in [1.29, 1.82) is 0 Å². The van der Waals surface area contributed by atoms with E-state index in [0.717, 1.165) is 4.90 Å². The van der Waals surface area contributed by atoms with E-state index in [-0.39, 0.29) is 12.2 Å². The van der Waals surface area contributed by atoms with Gasteiger partial charge < -0.3 is 10.8 Å². The number of fused-ring (bicyclic) bond motifs is 1. The van der Waals surface area contributed by atoms with Crippen LogP contribution in [0.25, 0.3) is 0 Å². The zero-order valence-corrected chi connectivity index (χ0v) is 12.0. The summed E-state index contributed by atoms with van der Waals surface area (Å²) in [7, 11) is 0. The molecule has 0 aromatic carbocycles. The van der Waals surface area contributed by atoms with E-state index < -0.39 is 18.0 Å². The molecule has 0 aliphatic carbocycles. The number of aliphatic hydroxyl groups is 1. The predicted molar refractivity (Wildman–Crippen MR) is 73.1 cm³/mol. The Labute approximate surface area is 124 Å². The van der Waals surface area contributed by atoms with Gasteiger partial charge in [0, 0.05) is 18.4 Å². The van der Waals surface area contributed by atoms with Crippen LogP contribution in [0.1, 0.15) is 33.6 Å². The Morgan fingerprint density at radius 2 is 2.24 bits per heavy atom. The van der Waals surface area contributed by atoms with E-state index in [1.54, 1.807) is 5.38 Å². The molecule has 2 amide bonds. The van der Waals surface area contributed by atoms with Crippen LogP contribution in [0.4, 0.5) is 5.00 Å². The van der Waals surface area contributed by atoms with Crippen molar-refractivity contribution >= 4 is 28.2 Å². The lowest BCUT2D eigenvalue weighted by Gasteiger charge is -2.35. The topological polar surface area (TPSA) is 105 Å². The first-order valence-corrected chi connectivity index (χ1v) is 7.44. The van der Waals surface area contributed by atoms with E-state index in [1.807, 2.05) is 0 Å². The normalized spacial score (nSPS) is 22.9. The molecule has 2 aliphatic heterocycles. The van der Waals surface area contributed by atoms with Crippen LogP contribution in [0.2, 0.25) is 0 Å². The lowest BCUT2D eigenvalue weighted by atomic mass is 10.2. The van der Waals surface area contributed by atoms with E-state index in [9.17, 15) is 9.59 Å². The van der Waals surface area contributed by atoms with Crippen molar-refractivity contribution in [2.45, 2.75) is 19.1 Å². The molecule has 1 aromatic heterocycles. The summed E-state index contributed by atoms with van der Waals surface area (Å²) in [6.07, 6.45) is 0.143. The average molecular weight is 313 g/mol. The summed E-state index contributed by atoms with van der Waals surface area (Å²) < 4.78 is 0. The number of hydroxylamine groups is 2. The number of amides is 2. The second kappa shape index (κ2) is 5.70. The van der Waals surface area contributed by atoms with Gasteiger partial charge in [-0.15, -0.1) is 11.3 Å². The molecule has 1 atom stereocenters. The van der Waals surface area contributed by atoms with E-state index in [0.29, 0.717) is 36.6 Å². The maximum absolute atomic E-state index is 12.4. The van der Waals surface area contributed by atoms with Crippen molar-refractivity contribution in [3.05, 3.63) is 16.5 Å². The van der Waals surface area contributed by atoms with E-state index >= 15 is 0 Å². The molecular weight excluding hydrogens is 298 g/mol. The average Bonchev–Trinajstić information content (AvgIpc) is 2.98. The molecule has 0 bridgehead atoms. The van der Waals surface area contributed by atoms with Crippen LogP contribution in [-0.4, -0.2) is 53.0 Å². The van der Waals surface area contributed by atoms with Crippen LogP contribution < -0.4 is 5.73 Å². The van der Waals surface area contributed by atoms with E-state index in [1.165, 1.54) is 16.6 Å². The number of rotatable bonds is 4. The summed E-state index contributed by atoms with van der Waals surface area (Å²) in [6, 6.07) is 0. The minimum absolute atomic E-state index is 0.00297. The maximum atomic E-state index is 12.4. The number of anilines is 1. The fourth-order valence-corrected chi connectivity index (χ4v) is 3.10. The summed E-state index contributed by atoms with van der Waals surface area (Å²) in [4.78, 5) is 36.5. The van der Waals surface area contributed by atoms with Crippen molar-refractivity contribution in [3.63, 3.8) is 0 Å². The number of imide groups is 1. The van der Waals surface area contributed by atoms with E-state index in [2.05, 4.69) is 0 Å².